The average molecular weight is 564 g/mol. The van der Waals surface area contributed by atoms with Crippen LogP contribution in [0.1, 0.15) is 55.6 Å². The Morgan fingerprint density at radius 1 is 0.976 bits per heavy atom. The number of anilines is 1. The number of benzene rings is 2. The molecule has 0 aromatic heterocycles. The monoisotopic (exact) mass is 563 g/mol. The first-order chi connectivity index (χ1) is 19.5. The second kappa shape index (κ2) is 13.3. The number of amides is 2. The Balaban J connectivity index is 1.24. The Morgan fingerprint density at radius 3 is 2.20 bits per heavy atom. The number of nitrogens with zero attached hydrogens (tertiary/aromatic N) is 3. The first kappa shape index (κ1) is 30.2. The summed E-state index contributed by atoms with van der Waals surface area (Å²) in [5, 5.41) is 11.0. The Morgan fingerprint density at radius 2 is 1.59 bits per heavy atom. The summed E-state index contributed by atoms with van der Waals surface area (Å²) in [5.74, 6) is -0.514. The van der Waals surface area contributed by atoms with Crippen molar-refractivity contribution in [3.63, 3.8) is 0 Å². The fourth-order valence-corrected chi connectivity index (χ4v) is 4.98. The van der Waals surface area contributed by atoms with Gasteiger partial charge >= 0.3 is 12.1 Å². The van der Waals surface area contributed by atoms with E-state index in [2.05, 4.69) is 35.9 Å². The molecule has 2 amide bonds. The van der Waals surface area contributed by atoms with Gasteiger partial charge in [0.05, 0.1) is 19.6 Å². The molecule has 0 saturated carbocycles. The van der Waals surface area contributed by atoms with E-state index in [9.17, 15) is 14.4 Å². The molecule has 2 aromatic carbocycles. The zero-order valence-electron chi connectivity index (χ0n) is 24.4. The number of hydrogen-bond donors (Lipinski definition) is 2. The summed E-state index contributed by atoms with van der Waals surface area (Å²) in [4.78, 5) is 43.0. The van der Waals surface area contributed by atoms with Crippen molar-refractivity contribution in [2.24, 2.45) is 0 Å². The fraction of sp³-hybridized carbons (Fsp3) is 0.484. The number of piperazine rings is 1. The predicted molar refractivity (Wildman–Crippen MR) is 158 cm³/mol. The maximum Gasteiger partial charge on any atom is 0.414 e. The number of cyclic esters (lactones) is 1. The van der Waals surface area contributed by atoms with Crippen molar-refractivity contribution in [1.82, 2.24) is 15.1 Å². The first-order valence-electron chi connectivity index (χ1n) is 14.2. The molecule has 10 heteroatoms. The van der Waals surface area contributed by atoms with E-state index in [0.717, 1.165) is 31.7 Å². The topological polar surface area (TPSA) is 115 Å². The quantitative estimate of drug-likeness (QED) is 0.272. The van der Waals surface area contributed by atoms with Crippen LogP contribution in [-0.4, -0.2) is 92.1 Å². The van der Waals surface area contributed by atoms with Crippen molar-refractivity contribution >= 4 is 29.5 Å². The van der Waals surface area contributed by atoms with E-state index in [-0.39, 0.29) is 29.2 Å². The highest BCUT2D eigenvalue weighted by Gasteiger charge is 2.34. The maximum absolute atomic E-state index is 12.7. The van der Waals surface area contributed by atoms with Crippen molar-refractivity contribution in [3.8, 4) is 0 Å². The molecule has 0 bridgehead atoms. The third-order valence-electron chi connectivity index (χ3n) is 7.46. The number of rotatable bonds is 9. The number of carbonyl (C=O) groups is 3. The van der Waals surface area contributed by atoms with Gasteiger partial charge in [0, 0.05) is 56.1 Å². The lowest BCUT2D eigenvalue weighted by molar-refractivity contribution is -0.143. The normalized spacial score (nSPS) is 18.2. The molecule has 0 aliphatic carbocycles. The smallest absolute Gasteiger partial charge is 0.414 e. The van der Waals surface area contributed by atoms with Crippen LogP contribution in [0.5, 0.6) is 0 Å². The third kappa shape index (κ3) is 8.14. The van der Waals surface area contributed by atoms with Gasteiger partial charge in [-0.25, -0.2) is 4.79 Å². The van der Waals surface area contributed by atoms with Gasteiger partial charge in [-0.3, -0.25) is 24.8 Å². The van der Waals surface area contributed by atoms with Crippen molar-refractivity contribution in [2.75, 3.05) is 57.3 Å². The van der Waals surface area contributed by atoms with Gasteiger partial charge in [0.1, 0.15) is 11.9 Å². The molecule has 2 N–H and O–H groups in total. The number of ether oxygens (including phenoxy) is 2. The van der Waals surface area contributed by atoms with E-state index in [1.807, 2.05) is 19.1 Å². The highest BCUT2D eigenvalue weighted by Crippen LogP contribution is 2.24. The van der Waals surface area contributed by atoms with E-state index in [4.69, 9.17) is 14.9 Å². The van der Waals surface area contributed by atoms with Gasteiger partial charge in [0.15, 0.2) is 0 Å². The van der Waals surface area contributed by atoms with Gasteiger partial charge in [-0.1, -0.05) is 32.9 Å². The molecule has 220 valence electrons. The molecule has 1 atom stereocenters. The predicted octanol–water partition coefficient (Wildman–Crippen LogP) is 3.64. The van der Waals surface area contributed by atoms with Gasteiger partial charge in [-0.05, 0) is 54.3 Å². The summed E-state index contributed by atoms with van der Waals surface area (Å²) in [6, 6.07) is 14.4. The van der Waals surface area contributed by atoms with Gasteiger partial charge in [0.25, 0.3) is 5.91 Å². The second-order valence-electron chi connectivity index (χ2n) is 11.5. The lowest BCUT2D eigenvalue weighted by Gasteiger charge is -2.35. The van der Waals surface area contributed by atoms with Crippen LogP contribution in [0.25, 0.3) is 0 Å². The van der Waals surface area contributed by atoms with Crippen LogP contribution in [0.3, 0.4) is 0 Å². The SMILES string of the molecule is CCOC(=O)CCN1CCN(CC2CN(c3ccc(C(=N)NC(=O)c4ccc(C(C)(C)C)cc4)cc3)C(=O)O2)CC1. The molecule has 4 rings (SSSR count). The van der Waals surface area contributed by atoms with E-state index < -0.39 is 6.09 Å². The summed E-state index contributed by atoms with van der Waals surface area (Å²) in [7, 11) is 0. The Labute approximate surface area is 242 Å². The van der Waals surface area contributed by atoms with Crippen molar-refractivity contribution < 1.29 is 23.9 Å². The average Bonchev–Trinajstić information content (AvgIpc) is 3.32. The van der Waals surface area contributed by atoms with Gasteiger partial charge in [0.2, 0.25) is 0 Å². The molecular weight excluding hydrogens is 522 g/mol. The van der Waals surface area contributed by atoms with Crippen LogP contribution in [0.2, 0.25) is 0 Å². The zero-order valence-corrected chi connectivity index (χ0v) is 24.4. The number of amidine groups is 1. The lowest BCUT2D eigenvalue weighted by Crippen LogP contribution is -2.49. The van der Waals surface area contributed by atoms with E-state index >= 15 is 0 Å². The Hall–Kier alpha value is -3.76. The molecule has 2 fully saturated rings. The van der Waals surface area contributed by atoms with E-state index in [0.29, 0.717) is 49.5 Å². The van der Waals surface area contributed by atoms with Gasteiger partial charge < -0.3 is 19.7 Å². The fourth-order valence-electron chi connectivity index (χ4n) is 4.98. The van der Waals surface area contributed by atoms with Crippen LogP contribution in [0.15, 0.2) is 48.5 Å². The van der Waals surface area contributed by atoms with Crippen molar-refractivity contribution in [3.05, 3.63) is 65.2 Å². The van der Waals surface area contributed by atoms with Crippen LogP contribution >= 0.6 is 0 Å². The molecule has 10 nitrogen and oxygen atoms in total. The molecule has 0 spiro atoms. The summed E-state index contributed by atoms with van der Waals surface area (Å²) in [5.41, 5.74) is 2.84. The molecule has 2 saturated heterocycles. The minimum Gasteiger partial charge on any atom is -0.466 e. The van der Waals surface area contributed by atoms with Crippen LogP contribution in [0.4, 0.5) is 10.5 Å². The molecule has 2 heterocycles. The number of carbonyl (C=O) groups excluding carboxylic acids is 3. The summed E-state index contributed by atoms with van der Waals surface area (Å²) >= 11 is 0. The first-order valence-corrected chi connectivity index (χ1v) is 14.2. The van der Waals surface area contributed by atoms with E-state index in [1.165, 1.54) is 0 Å². The van der Waals surface area contributed by atoms with Crippen LogP contribution in [0, 0.1) is 5.41 Å². The third-order valence-corrected chi connectivity index (χ3v) is 7.46. The number of esters is 1. The lowest BCUT2D eigenvalue weighted by atomic mass is 9.87. The molecule has 0 radical (unpaired) electrons. The van der Waals surface area contributed by atoms with Crippen LogP contribution < -0.4 is 10.2 Å². The molecule has 2 aliphatic rings. The zero-order chi connectivity index (χ0) is 29.6. The van der Waals surface area contributed by atoms with E-state index in [1.54, 1.807) is 41.3 Å². The number of hydrogen-bond acceptors (Lipinski definition) is 8. The maximum atomic E-state index is 12.7. The Kier molecular flexibility index (Phi) is 9.77. The minimum absolute atomic E-state index is 0.00583. The summed E-state index contributed by atoms with van der Waals surface area (Å²) in [6.45, 7) is 13.8. The summed E-state index contributed by atoms with van der Waals surface area (Å²) in [6.07, 6.45) is -0.229. The highest BCUT2D eigenvalue weighted by atomic mass is 16.6. The molecule has 1 unspecified atom stereocenters. The second-order valence-corrected chi connectivity index (χ2v) is 11.5. The Bertz CT molecular complexity index is 1230. The van der Waals surface area contributed by atoms with Crippen molar-refractivity contribution in [2.45, 2.75) is 45.6 Å². The standard InChI is InChI=1S/C31H41N5O5/c1-5-40-27(37)14-15-34-16-18-35(19-17-34)20-26-21-36(30(39)41-26)25-12-8-22(9-13-25)28(32)33-29(38)23-6-10-24(11-7-23)31(2,3)4/h6-13,26H,5,14-21H2,1-4H3,(H2,32,33,38). The molecule has 2 aliphatic heterocycles. The molecular formula is C31H41N5O5. The molecule has 41 heavy (non-hydrogen) atoms. The van der Waals surface area contributed by atoms with Gasteiger partial charge in [-0.2, -0.15) is 0 Å². The minimum atomic E-state index is -0.391. The van der Waals surface area contributed by atoms with Crippen molar-refractivity contribution in [1.29, 1.82) is 5.41 Å². The summed E-state index contributed by atoms with van der Waals surface area (Å²) < 4.78 is 10.6. The largest absolute Gasteiger partial charge is 0.466 e. The van der Waals surface area contributed by atoms with Gasteiger partial charge in [-0.15, -0.1) is 0 Å². The molecule has 2 aromatic rings. The highest BCUT2D eigenvalue weighted by molar-refractivity contribution is 6.11. The van der Waals surface area contributed by atoms with Crippen LogP contribution in [-0.2, 0) is 19.7 Å². The number of nitrogens with one attached hydrogen (secondary N) is 2.